The van der Waals surface area contributed by atoms with Crippen LogP contribution < -0.4 is 5.32 Å². The number of benzene rings is 2. The van der Waals surface area contributed by atoms with Crippen LogP contribution in [0.15, 0.2) is 47.4 Å². The number of rotatable bonds is 4. The molecule has 1 amide bonds. The molecule has 0 bridgehead atoms. The molecule has 1 saturated heterocycles. The highest BCUT2D eigenvalue weighted by Crippen LogP contribution is 2.22. The first-order chi connectivity index (χ1) is 12.4. The van der Waals surface area contributed by atoms with Crippen molar-refractivity contribution in [2.75, 3.05) is 31.6 Å². The highest BCUT2D eigenvalue weighted by Gasteiger charge is 2.27. The van der Waals surface area contributed by atoms with Crippen LogP contribution in [-0.2, 0) is 14.8 Å². The van der Waals surface area contributed by atoms with Crippen molar-refractivity contribution in [2.45, 2.75) is 11.8 Å². The SMILES string of the molecule is Cc1ccc(S(=O)(=O)N2CCOCC2)cc1C(=O)Nc1cccc(O)c1. The Morgan fingerprint density at radius 2 is 1.88 bits per heavy atom. The monoisotopic (exact) mass is 376 g/mol. The molecule has 0 atom stereocenters. The maximum atomic E-state index is 12.8. The molecule has 2 aromatic rings. The number of aryl methyl sites for hydroxylation is 1. The van der Waals surface area contributed by atoms with Crippen molar-refractivity contribution in [1.82, 2.24) is 4.31 Å². The maximum Gasteiger partial charge on any atom is 0.255 e. The summed E-state index contributed by atoms with van der Waals surface area (Å²) in [6, 6.07) is 10.7. The van der Waals surface area contributed by atoms with Gasteiger partial charge in [-0.3, -0.25) is 4.79 Å². The third kappa shape index (κ3) is 3.87. The standard InChI is InChI=1S/C18H20N2O5S/c1-13-5-6-16(26(23,24)20-7-9-25-10-8-20)12-17(13)18(22)19-14-3-2-4-15(21)11-14/h2-6,11-12,21H,7-10H2,1H3,(H,19,22). The average Bonchev–Trinajstić information content (AvgIpc) is 2.62. The van der Waals surface area contributed by atoms with Gasteiger partial charge in [-0.25, -0.2) is 8.42 Å². The fourth-order valence-electron chi connectivity index (χ4n) is 2.72. The van der Waals surface area contributed by atoms with Crippen LogP contribution in [0.5, 0.6) is 5.75 Å². The third-order valence-corrected chi connectivity index (χ3v) is 6.06. The molecule has 3 rings (SSSR count). The van der Waals surface area contributed by atoms with E-state index < -0.39 is 15.9 Å². The Bertz CT molecular complexity index is 921. The molecule has 1 fully saturated rings. The maximum absolute atomic E-state index is 12.8. The molecular formula is C18H20N2O5S. The van der Waals surface area contributed by atoms with E-state index in [0.717, 1.165) is 0 Å². The van der Waals surface area contributed by atoms with Crippen LogP contribution in [0.3, 0.4) is 0 Å². The minimum atomic E-state index is -3.68. The molecule has 0 saturated carbocycles. The predicted octanol–water partition coefficient (Wildman–Crippen LogP) is 1.97. The minimum absolute atomic E-state index is 0.0307. The van der Waals surface area contributed by atoms with E-state index in [0.29, 0.717) is 37.6 Å². The summed E-state index contributed by atoms with van der Waals surface area (Å²) >= 11 is 0. The molecule has 0 radical (unpaired) electrons. The number of morpholine rings is 1. The molecular weight excluding hydrogens is 356 g/mol. The van der Waals surface area contributed by atoms with Gasteiger partial charge < -0.3 is 15.2 Å². The molecule has 0 aromatic heterocycles. The quantitative estimate of drug-likeness (QED) is 0.851. The Balaban J connectivity index is 1.88. The zero-order valence-corrected chi connectivity index (χ0v) is 15.1. The second kappa shape index (κ2) is 7.45. The fraction of sp³-hybridized carbons (Fsp3) is 0.278. The van der Waals surface area contributed by atoms with Gasteiger partial charge in [0.1, 0.15) is 5.75 Å². The molecule has 1 aliphatic heterocycles. The molecule has 0 unspecified atom stereocenters. The number of ether oxygens (including phenoxy) is 1. The number of aromatic hydroxyl groups is 1. The highest BCUT2D eigenvalue weighted by molar-refractivity contribution is 7.89. The van der Waals surface area contributed by atoms with Gasteiger partial charge in [0.15, 0.2) is 0 Å². The van der Waals surface area contributed by atoms with E-state index in [1.807, 2.05) is 0 Å². The number of phenols is 1. The van der Waals surface area contributed by atoms with Crippen LogP contribution in [0.1, 0.15) is 15.9 Å². The summed E-state index contributed by atoms with van der Waals surface area (Å²) in [6.07, 6.45) is 0. The van der Waals surface area contributed by atoms with Crippen molar-refractivity contribution < 1.29 is 23.1 Å². The van der Waals surface area contributed by atoms with E-state index in [9.17, 15) is 18.3 Å². The van der Waals surface area contributed by atoms with E-state index in [1.165, 1.54) is 28.6 Å². The van der Waals surface area contributed by atoms with Gasteiger partial charge in [0.05, 0.1) is 18.1 Å². The van der Waals surface area contributed by atoms with Gasteiger partial charge in [0, 0.05) is 30.4 Å². The molecule has 0 aliphatic carbocycles. The fourth-order valence-corrected chi connectivity index (χ4v) is 4.16. The summed E-state index contributed by atoms with van der Waals surface area (Å²) in [5, 5.41) is 12.2. The molecule has 2 N–H and O–H groups in total. The Hall–Kier alpha value is -2.42. The number of hydrogen-bond donors (Lipinski definition) is 2. The van der Waals surface area contributed by atoms with Crippen LogP contribution in [0.25, 0.3) is 0 Å². The lowest BCUT2D eigenvalue weighted by Crippen LogP contribution is -2.40. The molecule has 138 valence electrons. The topological polar surface area (TPSA) is 95.9 Å². The van der Waals surface area contributed by atoms with Crippen LogP contribution in [0.4, 0.5) is 5.69 Å². The summed E-state index contributed by atoms with van der Waals surface area (Å²) in [7, 11) is -3.68. The summed E-state index contributed by atoms with van der Waals surface area (Å²) in [5.74, 6) is -0.407. The lowest BCUT2D eigenvalue weighted by molar-refractivity contribution is 0.0730. The van der Waals surface area contributed by atoms with Crippen LogP contribution in [0, 0.1) is 6.92 Å². The first-order valence-electron chi connectivity index (χ1n) is 8.17. The highest BCUT2D eigenvalue weighted by atomic mass is 32.2. The lowest BCUT2D eigenvalue weighted by Gasteiger charge is -2.26. The van der Waals surface area contributed by atoms with Gasteiger partial charge in [0.2, 0.25) is 10.0 Å². The number of anilines is 1. The molecule has 0 spiro atoms. The molecule has 7 nitrogen and oxygen atoms in total. The van der Waals surface area contributed by atoms with Gasteiger partial charge in [0.25, 0.3) is 5.91 Å². The first kappa shape index (κ1) is 18.4. The average molecular weight is 376 g/mol. The second-order valence-corrected chi connectivity index (χ2v) is 7.94. The number of hydrogen-bond acceptors (Lipinski definition) is 5. The second-order valence-electron chi connectivity index (χ2n) is 6.00. The number of nitrogens with one attached hydrogen (secondary N) is 1. The largest absolute Gasteiger partial charge is 0.508 e. The number of nitrogens with zero attached hydrogens (tertiary/aromatic N) is 1. The van der Waals surface area contributed by atoms with Crippen molar-refractivity contribution in [3.05, 3.63) is 53.6 Å². The van der Waals surface area contributed by atoms with E-state index >= 15 is 0 Å². The molecule has 1 heterocycles. The smallest absolute Gasteiger partial charge is 0.255 e. The van der Waals surface area contributed by atoms with Crippen LogP contribution in [-0.4, -0.2) is 50.0 Å². The molecule has 1 aliphatic rings. The van der Waals surface area contributed by atoms with Gasteiger partial charge in [-0.05, 0) is 36.8 Å². The minimum Gasteiger partial charge on any atom is -0.508 e. The molecule has 8 heteroatoms. The van der Waals surface area contributed by atoms with Gasteiger partial charge >= 0.3 is 0 Å². The van der Waals surface area contributed by atoms with Crippen molar-refractivity contribution in [3.63, 3.8) is 0 Å². The third-order valence-electron chi connectivity index (χ3n) is 4.17. The van der Waals surface area contributed by atoms with Crippen molar-refractivity contribution >= 4 is 21.6 Å². The van der Waals surface area contributed by atoms with E-state index in [1.54, 1.807) is 25.1 Å². The van der Waals surface area contributed by atoms with E-state index in [2.05, 4.69) is 5.32 Å². The number of phenolic OH excluding ortho intramolecular Hbond substituents is 1. The van der Waals surface area contributed by atoms with Crippen molar-refractivity contribution in [2.24, 2.45) is 0 Å². The van der Waals surface area contributed by atoms with Gasteiger partial charge in [-0.1, -0.05) is 12.1 Å². The zero-order valence-electron chi connectivity index (χ0n) is 14.3. The summed E-state index contributed by atoms with van der Waals surface area (Å²) < 4.78 is 32.1. The Morgan fingerprint density at radius 1 is 1.15 bits per heavy atom. The van der Waals surface area contributed by atoms with Gasteiger partial charge in [-0.15, -0.1) is 0 Å². The van der Waals surface area contributed by atoms with Crippen LogP contribution in [0.2, 0.25) is 0 Å². The predicted molar refractivity (Wildman–Crippen MR) is 96.8 cm³/mol. The number of amides is 1. The van der Waals surface area contributed by atoms with Gasteiger partial charge in [-0.2, -0.15) is 4.31 Å². The summed E-state index contributed by atoms with van der Waals surface area (Å²) in [5.41, 5.74) is 1.35. The summed E-state index contributed by atoms with van der Waals surface area (Å²) in [4.78, 5) is 12.7. The lowest BCUT2D eigenvalue weighted by atomic mass is 10.1. The van der Waals surface area contributed by atoms with Crippen molar-refractivity contribution in [3.8, 4) is 5.75 Å². The Kier molecular flexibility index (Phi) is 5.26. The van der Waals surface area contributed by atoms with Crippen LogP contribution >= 0.6 is 0 Å². The van der Waals surface area contributed by atoms with Crippen molar-refractivity contribution in [1.29, 1.82) is 0 Å². The first-order valence-corrected chi connectivity index (χ1v) is 9.61. The Labute approximate surface area is 152 Å². The zero-order chi connectivity index (χ0) is 18.7. The van der Waals surface area contributed by atoms with E-state index in [-0.39, 0.29) is 16.2 Å². The number of carbonyl (C=O) groups excluding carboxylic acids is 1. The Morgan fingerprint density at radius 3 is 2.58 bits per heavy atom. The normalized spacial score (nSPS) is 15.6. The molecule has 26 heavy (non-hydrogen) atoms. The summed E-state index contributed by atoms with van der Waals surface area (Å²) in [6.45, 7) is 3.04. The van der Waals surface area contributed by atoms with E-state index in [4.69, 9.17) is 4.74 Å². The number of sulfonamides is 1. The number of carbonyl (C=O) groups is 1. The molecule has 2 aromatic carbocycles.